The zero-order valence-electron chi connectivity index (χ0n) is 11.9. The van der Waals surface area contributed by atoms with Crippen molar-refractivity contribution in [3.05, 3.63) is 0 Å². The number of nitrogens with one attached hydrogen (secondary N) is 1. The molecule has 1 heterocycles. The van der Waals surface area contributed by atoms with Gasteiger partial charge in [-0.2, -0.15) is 0 Å². The molecule has 1 unspecified atom stereocenters. The highest BCUT2D eigenvalue weighted by atomic mass is 16.2. The van der Waals surface area contributed by atoms with Crippen LogP contribution in [0.1, 0.15) is 53.4 Å². The van der Waals surface area contributed by atoms with Crippen molar-refractivity contribution in [2.24, 2.45) is 5.92 Å². The Hall–Kier alpha value is -0.570. The molecular formula is C14H28N2O. The van der Waals surface area contributed by atoms with Gasteiger partial charge in [0, 0.05) is 25.0 Å². The average Bonchev–Trinajstić information content (AvgIpc) is 2.53. The van der Waals surface area contributed by atoms with E-state index in [1.54, 1.807) is 0 Å². The minimum atomic E-state index is 0.180. The molecule has 0 spiro atoms. The van der Waals surface area contributed by atoms with Crippen molar-refractivity contribution in [1.82, 2.24) is 10.2 Å². The van der Waals surface area contributed by atoms with Crippen LogP contribution >= 0.6 is 0 Å². The van der Waals surface area contributed by atoms with Gasteiger partial charge in [0.25, 0.3) is 0 Å². The van der Waals surface area contributed by atoms with Gasteiger partial charge in [-0.3, -0.25) is 4.79 Å². The smallest absolute Gasteiger partial charge is 0.222 e. The molecule has 100 valence electrons. The summed E-state index contributed by atoms with van der Waals surface area (Å²) in [5.41, 5.74) is 0.180. The highest BCUT2D eigenvalue weighted by molar-refractivity contribution is 5.78. The quantitative estimate of drug-likeness (QED) is 0.723. The third kappa shape index (κ3) is 5.53. The van der Waals surface area contributed by atoms with Crippen molar-refractivity contribution in [1.29, 1.82) is 0 Å². The third-order valence-electron chi connectivity index (χ3n) is 3.25. The van der Waals surface area contributed by atoms with Gasteiger partial charge < -0.3 is 10.2 Å². The van der Waals surface area contributed by atoms with E-state index >= 15 is 0 Å². The Kier molecular flexibility index (Phi) is 5.44. The van der Waals surface area contributed by atoms with Gasteiger partial charge in [-0.25, -0.2) is 0 Å². The lowest BCUT2D eigenvalue weighted by molar-refractivity contribution is -0.127. The zero-order valence-corrected chi connectivity index (χ0v) is 11.9. The molecule has 0 aromatic rings. The predicted octanol–water partition coefficient (Wildman–Crippen LogP) is 2.41. The molecule has 1 aliphatic heterocycles. The summed E-state index contributed by atoms with van der Waals surface area (Å²) in [6.45, 7) is 11.6. The predicted molar refractivity (Wildman–Crippen MR) is 72.0 cm³/mol. The van der Waals surface area contributed by atoms with Crippen LogP contribution in [0.25, 0.3) is 0 Å². The molecule has 3 nitrogen and oxygen atoms in total. The molecule has 1 fully saturated rings. The molecule has 17 heavy (non-hydrogen) atoms. The van der Waals surface area contributed by atoms with Crippen LogP contribution in [0.5, 0.6) is 0 Å². The number of amides is 1. The van der Waals surface area contributed by atoms with E-state index in [0.717, 1.165) is 32.5 Å². The first-order valence-corrected chi connectivity index (χ1v) is 6.95. The van der Waals surface area contributed by atoms with E-state index in [1.165, 1.54) is 12.8 Å². The van der Waals surface area contributed by atoms with Gasteiger partial charge in [-0.05, 0) is 46.1 Å². The lowest BCUT2D eigenvalue weighted by Gasteiger charge is -2.22. The summed E-state index contributed by atoms with van der Waals surface area (Å²) in [6, 6.07) is 0. The summed E-state index contributed by atoms with van der Waals surface area (Å²) in [6.07, 6.45) is 4.22. The molecule has 0 aromatic heterocycles. The summed E-state index contributed by atoms with van der Waals surface area (Å²) in [7, 11) is 0. The van der Waals surface area contributed by atoms with Crippen molar-refractivity contribution < 1.29 is 4.79 Å². The fourth-order valence-corrected chi connectivity index (χ4v) is 2.40. The largest absolute Gasteiger partial charge is 0.342 e. The number of likely N-dealkylation sites (tertiary alicyclic amines) is 1. The highest BCUT2D eigenvalue weighted by Gasteiger charge is 2.28. The van der Waals surface area contributed by atoms with E-state index in [0.29, 0.717) is 11.8 Å². The van der Waals surface area contributed by atoms with Crippen LogP contribution in [0, 0.1) is 5.92 Å². The second-order valence-corrected chi connectivity index (χ2v) is 6.23. The summed E-state index contributed by atoms with van der Waals surface area (Å²) in [5.74, 6) is 0.974. The van der Waals surface area contributed by atoms with E-state index in [9.17, 15) is 4.79 Å². The van der Waals surface area contributed by atoms with Crippen LogP contribution in [0.4, 0.5) is 0 Å². The maximum absolute atomic E-state index is 11.8. The Morgan fingerprint density at radius 3 is 2.71 bits per heavy atom. The standard InChI is InChI=1S/C14H28N2O/c1-5-7-12-10-13(17)16(11-12)9-6-8-15-14(2,3)4/h12,15H,5-11H2,1-4H3. The summed E-state index contributed by atoms with van der Waals surface area (Å²) in [4.78, 5) is 13.8. The van der Waals surface area contributed by atoms with Crippen molar-refractivity contribution in [2.45, 2.75) is 58.9 Å². The Labute approximate surface area is 106 Å². The maximum Gasteiger partial charge on any atom is 0.222 e. The Morgan fingerprint density at radius 1 is 1.41 bits per heavy atom. The lowest BCUT2D eigenvalue weighted by atomic mass is 10.0. The van der Waals surface area contributed by atoms with Crippen LogP contribution in [0.15, 0.2) is 0 Å². The second-order valence-electron chi connectivity index (χ2n) is 6.23. The number of carbonyl (C=O) groups excluding carboxylic acids is 1. The Balaban J connectivity index is 2.17. The minimum Gasteiger partial charge on any atom is -0.342 e. The molecule has 1 aliphatic rings. The van der Waals surface area contributed by atoms with Crippen LogP contribution in [0.3, 0.4) is 0 Å². The lowest BCUT2D eigenvalue weighted by Crippen LogP contribution is -2.38. The maximum atomic E-state index is 11.8. The van der Waals surface area contributed by atoms with Gasteiger partial charge in [-0.1, -0.05) is 13.3 Å². The fourth-order valence-electron chi connectivity index (χ4n) is 2.40. The van der Waals surface area contributed by atoms with E-state index in [4.69, 9.17) is 0 Å². The van der Waals surface area contributed by atoms with E-state index < -0.39 is 0 Å². The van der Waals surface area contributed by atoms with E-state index in [1.807, 2.05) is 4.90 Å². The van der Waals surface area contributed by atoms with Crippen LogP contribution in [-0.2, 0) is 4.79 Å². The first-order chi connectivity index (χ1) is 7.92. The van der Waals surface area contributed by atoms with Gasteiger partial charge >= 0.3 is 0 Å². The highest BCUT2D eigenvalue weighted by Crippen LogP contribution is 2.21. The number of rotatable bonds is 6. The van der Waals surface area contributed by atoms with Gasteiger partial charge in [0.2, 0.25) is 5.91 Å². The molecular weight excluding hydrogens is 212 g/mol. The number of hydrogen-bond donors (Lipinski definition) is 1. The fraction of sp³-hybridized carbons (Fsp3) is 0.929. The second kappa shape index (κ2) is 6.39. The molecule has 3 heteroatoms. The molecule has 0 bridgehead atoms. The van der Waals surface area contributed by atoms with E-state index in [-0.39, 0.29) is 5.54 Å². The van der Waals surface area contributed by atoms with Crippen molar-refractivity contribution in [2.75, 3.05) is 19.6 Å². The van der Waals surface area contributed by atoms with Gasteiger partial charge in [0.05, 0.1) is 0 Å². The van der Waals surface area contributed by atoms with Crippen molar-refractivity contribution in [3.63, 3.8) is 0 Å². The van der Waals surface area contributed by atoms with Crippen LogP contribution in [-0.4, -0.2) is 36.0 Å². The van der Waals surface area contributed by atoms with Crippen LogP contribution in [0.2, 0.25) is 0 Å². The molecule has 0 aliphatic carbocycles. The molecule has 1 amide bonds. The zero-order chi connectivity index (χ0) is 12.9. The summed E-state index contributed by atoms with van der Waals surface area (Å²) < 4.78 is 0. The Morgan fingerprint density at radius 2 is 2.12 bits per heavy atom. The average molecular weight is 240 g/mol. The third-order valence-corrected chi connectivity index (χ3v) is 3.25. The molecule has 1 atom stereocenters. The molecule has 1 saturated heterocycles. The molecule has 0 saturated carbocycles. The van der Waals surface area contributed by atoms with Gasteiger partial charge in [-0.15, -0.1) is 0 Å². The van der Waals surface area contributed by atoms with Crippen molar-refractivity contribution in [3.8, 4) is 0 Å². The summed E-state index contributed by atoms with van der Waals surface area (Å²) >= 11 is 0. The van der Waals surface area contributed by atoms with E-state index in [2.05, 4.69) is 33.0 Å². The first-order valence-electron chi connectivity index (χ1n) is 6.95. The van der Waals surface area contributed by atoms with Crippen LogP contribution < -0.4 is 5.32 Å². The molecule has 1 rings (SSSR count). The number of nitrogens with zero attached hydrogens (tertiary/aromatic N) is 1. The minimum absolute atomic E-state index is 0.180. The van der Waals surface area contributed by atoms with Gasteiger partial charge in [0.1, 0.15) is 0 Å². The molecule has 0 aromatic carbocycles. The Bertz CT molecular complexity index is 245. The number of hydrogen-bond acceptors (Lipinski definition) is 2. The monoisotopic (exact) mass is 240 g/mol. The van der Waals surface area contributed by atoms with Crippen molar-refractivity contribution >= 4 is 5.91 Å². The molecule has 1 N–H and O–H groups in total. The first kappa shape index (κ1) is 14.5. The molecule has 0 radical (unpaired) electrons. The van der Waals surface area contributed by atoms with Gasteiger partial charge in [0.15, 0.2) is 0 Å². The number of carbonyl (C=O) groups is 1. The summed E-state index contributed by atoms with van der Waals surface area (Å²) in [5, 5.41) is 3.46. The SMILES string of the molecule is CCCC1CC(=O)N(CCCNC(C)(C)C)C1. The normalized spacial score (nSPS) is 21.3. The topological polar surface area (TPSA) is 32.3 Å².